The molecule has 8 heteroatoms. The molecule has 122 valence electrons. The molecule has 0 bridgehead atoms. The average molecular weight is 325 g/mol. The Labute approximate surface area is 134 Å². The highest BCUT2D eigenvalue weighted by molar-refractivity contribution is 7.99. The molecule has 0 saturated carbocycles. The third-order valence-electron chi connectivity index (χ3n) is 4.33. The maximum Gasteiger partial charge on any atom is 0.233 e. The normalized spacial score (nSPS) is 23.7. The number of nitrogens with zero attached hydrogens (tertiary/aromatic N) is 5. The molecular formula is C14H23N5O2S. The van der Waals surface area contributed by atoms with Crippen LogP contribution in [-0.4, -0.2) is 63.1 Å². The number of carbonyl (C=O) groups excluding carboxylic acids is 1. The molecule has 0 N–H and O–H groups in total. The van der Waals surface area contributed by atoms with Crippen LogP contribution in [-0.2, 0) is 9.53 Å². The lowest BCUT2D eigenvalue weighted by molar-refractivity contribution is -0.130. The Morgan fingerprint density at radius 1 is 1.36 bits per heavy atom. The summed E-state index contributed by atoms with van der Waals surface area (Å²) in [6.07, 6.45) is 4.18. The molecule has 2 fully saturated rings. The van der Waals surface area contributed by atoms with Crippen LogP contribution in [0.25, 0.3) is 0 Å². The molecule has 3 heterocycles. The molecule has 1 atom stereocenters. The average Bonchev–Trinajstić information content (AvgIpc) is 3.02. The lowest BCUT2D eigenvalue weighted by atomic mass is 10.0. The number of aromatic nitrogens is 4. The Hall–Kier alpha value is -1.15. The standard InChI is InChI=1S/C14H23N5O2S/c1-11-3-2-6-18(9-11)13(20)10-22-14-15-16-17-19(14)12-4-7-21-8-5-12/h11-12H,2-10H2,1H3/t11-/m1/s1. The zero-order valence-electron chi connectivity index (χ0n) is 13.0. The van der Waals surface area contributed by atoms with Crippen molar-refractivity contribution in [1.29, 1.82) is 0 Å². The van der Waals surface area contributed by atoms with Gasteiger partial charge in [-0.3, -0.25) is 4.79 Å². The molecule has 0 radical (unpaired) electrons. The monoisotopic (exact) mass is 325 g/mol. The molecule has 0 spiro atoms. The lowest BCUT2D eigenvalue weighted by Crippen LogP contribution is -2.40. The predicted molar refractivity (Wildman–Crippen MR) is 82.6 cm³/mol. The maximum atomic E-state index is 12.3. The van der Waals surface area contributed by atoms with E-state index < -0.39 is 0 Å². The van der Waals surface area contributed by atoms with Crippen LogP contribution in [0.4, 0.5) is 0 Å². The summed E-state index contributed by atoms with van der Waals surface area (Å²) in [6, 6.07) is 0.288. The molecular weight excluding hydrogens is 302 g/mol. The fourth-order valence-corrected chi connectivity index (χ4v) is 3.92. The molecule has 0 aromatic carbocycles. The Kier molecular flexibility index (Phi) is 5.30. The Morgan fingerprint density at radius 2 is 2.18 bits per heavy atom. The van der Waals surface area contributed by atoms with Gasteiger partial charge in [0.1, 0.15) is 0 Å². The number of piperidine rings is 1. The molecule has 1 amide bonds. The molecule has 1 aromatic heterocycles. The first-order chi connectivity index (χ1) is 10.7. The number of ether oxygens (including phenoxy) is 1. The van der Waals surface area contributed by atoms with E-state index in [2.05, 4.69) is 22.4 Å². The van der Waals surface area contributed by atoms with Crippen LogP contribution in [0.5, 0.6) is 0 Å². The van der Waals surface area contributed by atoms with E-state index >= 15 is 0 Å². The number of hydrogen-bond acceptors (Lipinski definition) is 6. The van der Waals surface area contributed by atoms with Gasteiger partial charge >= 0.3 is 0 Å². The van der Waals surface area contributed by atoms with Gasteiger partial charge in [-0.25, -0.2) is 4.68 Å². The Balaban J connectivity index is 1.55. The van der Waals surface area contributed by atoms with Crippen molar-refractivity contribution in [3.8, 4) is 0 Å². The van der Waals surface area contributed by atoms with E-state index in [4.69, 9.17) is 4.74 Å². The van der Waals surface area contributed by atoms with Gasteiger partial charge < -0.3 is 9.64 Å². The first-order valence-corrected chi connectivity index (χ1v) is 8.99. The van der Waals surface area contributed by atoms with Crippen molar-refractivity contribution in [1.82, 2.24) is 25.1 Å². The van der Waals surface area contributed by atoms with E-state index in [0.29, 0.717) is 11.7 Å². The summed E-state index contributed by atoms with van der Waals surface area (Å²) in [6.45, 7) is 5.47. The van der Waals surface area contributed by atoms with Gasteiger partial charge in [-0.1, -0.05) is 18.7 Å². The minimum atomic E-state index is 0.193. The molecule has 7 nitrogen and oxygen atoms in total. The Morgan fingerprint density at radius 3 is 2.95 bits per heavy atom. The van der Waals surface area contributed by atoms with E-state index in [1.165, 1.54) is 18.2 Å². The highest BCUT2D eigenvalue weighted by Crippen LogP contribution is 2.25. The maximum absolute atomic E-state index is 12.3. The largest absolute Gasteiger partial charge is 0.381 e. The minimum Gasteiger partial charge on any atom is -0.381 e. The highest BCUT2D eigenvalue weighted by atomic mass is 32.2. The van der Waals surface area contributed by atoms with Crippen LogP contribution < -0.4 is 0 Å². The van der Waals surface area contributed by atoms with Crippen LogP contribution in [0.1, 0.15) is 38.6 Å². The van der Waals surface area contributed by atoms with E-state index in [1.807, 2.05) is 9.58 Å². The van der Waals surface area contributed by atoms with E-state index in [1.54, 1.807) is 0 Å². The summed E-state index contributed by atoms with van der Waals surface area (Å²) < 4.78 is 7.24. The number of amides is 1. The number of carbonyl (C=O) groups is 1. The molecule has 0 aliphatic carbocycles. The van der Waals surface area contributed by atoms with Gasteiger partial charge in [0.2, 0.25) is 11.1 Å². The van der Waals surface area contributed by atoms with Gasteiger partial charge in [-0.05, 0) is 42.0 Å². The number of hydrogen-bond donors (Lipinski definition) is 0. The number of likely N-dealkylation sites (tertiary alicyclic amines) is 1. The fraction of sp³-hybridized carbons (Fsp3) is 0.857. The van der Waals surface area contributed by atoms with Crippen molar-refractivity contribution in [2.75, 3.05) is 32.1 Å². The van der Waals surface area contributed by atoms with Crippen molar-refractivity contribution in [3.63, 3.8) is 0 Å². The van der Waals surface area contributed by atoms with Crippen LogP contribution >= 0.6 is 11.8 Å². The molecule has 22 heavy (non-hydrogen) atoms. The molecule has 2 aliphatic rings. The topological polar surface area (TPSA) is 73.1 Å². The van der Waals surface area contributed by atoms with Gasteiger partial charge in [0, 0.05) is 26.3 Å². The van der Waals surface area contributed by atoms with Crippen molar-refractivity contribution in [3.05, 3.63) is 0 Å². The number of thioether (sulfide) groups is 1. The predicted octanol–water partition coefficient (Wildman–Crippen LogP) is 1.38. The zero-order chi connectivity index (χ0) is 15.4. The molecule has 2 saturated heterocycles. The summed E-state index contributed by atoms with van der Waals surface area (Å²) in [5, 5.41) is 12.7. The number of tetrazole rings is 1. The second kappa shape index (κ2) is 7.41. The van der Waals surface area contributed by atoms with Gasteiger partial charge in [0.25, 0.3) is 0 Å². The first kappa shape index (κ1) is 15.7. The van der Waals surface area contributed by atoms with E-state index in [-0.39, 0.29) is 11.9 Å². The van der Waals surface area contributed by atoms with E-state index in [0.717, 1.165) is 50.7 Å². The summed E-state index contributed by atoms with van der Waals surface area (Å²) in [7, 11) is 0. The van der Waals surface area contributed by atoms with Gasteiger partial charge in [-0.15, -0.1) is 5.10 Å². The molecule has 3 rings (SSSR count). The van der Waals surface area contributed by atoms with Crippen LogP contribution in [0.15, 0.2) is 5.16 Å². The SMILES string of the molecule is C[C@@H]1CCCN(C(=O)CSc2nnnn2C2CCOCC2)C1. The highest BCUT2D eigenvalue weighted by Gasteiger charge is 2.24. The van der Waals surface area contributed by atoms with Gasteiger partial charge in [0.15, 0.2) is 0 Å². The number of rotatable bonds is 4. The smallest absolute Gasteiger partial charge is 0.233 e. The quantitative estimate of drug-likeness (QED) is 0.779. The summed E-state index contributed by atoms with van der Waals surface area (Å²) >= 11 is 1.45. The third-order valence-corrected chi connectivity index (χ3v) is 5.25. The third kappa shape index (κ3) is 3.78. The van der Waals surface area contributed by atoms with Crippen molar-refractivity contribution < 1.29 is 9.53 Å². The first-order valence-electron chi connectivity index (χ1n) is 8.00. The second-order valence-electron chi connectivity index (χ2n) is 6.13. The second-order valence-corrected chi connectivity index (χ2v) is 7.07. The van der Waals surface area contributed by atoms with Gasteiger partial charge in [-0.2, -0.15) is 0 Å². The van der Waals surface area contributed by atoms with Crippen LogP contribution in [0.2, 0.25) is 0 Å². The lowest BCUT2D eigenvalue weighted by Gasteiger charge is -2.30. The van der Waals surface area contributed by atoms with Crippen LogP contribution in [0, 0.1) is 5.92 Å². The van der Waals surface area contributed by atoms with Crippen molar-refractivity contribution in [2.45, 2.75) is 43.8 Å². The van der Waals surface area contributed by atoms with Crippen molar-refractivity contribution >= 4 is 17.7 Å². The van der Waals surface area contributed by atoms with Crippen molar-refractivity contribution in [2.24, 2.45) is 5.92 Å². The minimum absolute atomic E-state index is 0.193. The van der Waals surface area contributed by atoms with Gasteiger partial charge in [0.05, 0.1) is 11.8 Å². The summed E-state index contributed by atoms with van der Waals surface area (Å²) in [5.74, 6) is 1.21. The molecule has 0 unspecified atom stereocenters. The summed E-state index contributed by atoms with van der Waals surface area (Å²) in [5.41, 5.74) is 0. The zero-order valence-corrected chi connectivity index (χ0v) is 13.8. The fourth-order valence-electron chi connectivity index (χ4n) is 3.07. The molecule has 2 aliphatic heterocycles. The Bertz CT molecular complexity index is 503. The van der Waals surface area contributed by atoms with E-state index in [9.17, 15) is 4.79 Å². The summed E-state index contributed by atoms with van der Waals surface area (Å²) in [4.78, 5) is 14.3. The molecule has 1 aromatic rings. The van der Waals surface area contributed by atoms with Crippen LogP contribution in [0.3, 0.4) is 0 Å².